The number of benzene rings is 1. The molecule has 0 saturated carbocycles. The van der Waals surface area contributed by atoms with Crippen molar-refractivity contribution in [1.82, 2.24) is 10.6 Å². The second kappa shape index (κ2) is 5.58. The third kappa shape index (κ3) is 2.84. The highest BCUT2D eigenvalue weighted by Crippen LogP contribution is 2.55. The van der Waals surface area contributed by atoms with Crippen molar-refractivity contribution in [1.29, 1.82) is 0 Å². The lowest BCUT2D eigenvalue weighted by molar-refractivity contribution is 0.136. The van der Waals surface area contributed by atoms with E-state index in [9.17, 15) is 4.79 Å². The molecule has 22 heavy (non-hydrogen) atoms. The van der Waals surface area contributed by atoms with E-state index in [0.29, 0.717) is 11.3 Å². The van der Waals surface area contributed by atoms with Crippen LogP contribution in [-0.4, -0.2) is 29.8 Å². The first-order valence-corrected chi connectivity index (χ1v) is 8.22. The minimum Gasteiger partial charge on any atom is -0.465 e. The monoisotopic (exact) mass is 302 g/mol. The quantitative estimate of drug-likeness (QED) is 0.804. The average molecular weight is 302 g/mol. The number of rotatable bonds is 3. The van der Waals surface area contributed by atoms with Gasteiger partial charge in [0, 0.05) is 5.54 Å². The molecule has 3 rings (SSSR count). The van der Waals surface area contributed by atoms with Crippen molar-refractivity contribution in [2.24, 2.45) is 5.41 Å². The van der Waals surface area contributed by atoms with Gasteiger partial charge in [-0.15, -0.1) is 0 Å². The van der Waals surface area contributed by atoms with Crippen LogP contribution in [0, 0.1) is 5.41 Å². The van der Waals surface area contributed by atoms with Crippen LogP contribution in [0.15, 0.2) is 24.3 Å². The Labute approximate surface area is 132 Å². The Kier molecular flexibility index (Phi) is 3.89. The molecule has 1 aromatic carbocycles. The zero-order valence-corrected chi connectivity index (χ0v) is 13.5. The number of carboxylic acid groups (broad SMARTS) is 1. The molecule has 1 heterocycles. The van der Waals surface area contributed by atoms with Crippen molar-refractivity contribution in [3.05, 3.63) is 35.4 Å². The van der Waals surface area contributed by atoms with E-state index in [1.54, 1.807) is 0 Å². The van der Waals surface area contributed by atoms with Crippen LogP contribution < -0.4 is 10.6 Å². The SMILES string of the molecule is CC(C)(C[C@@H]1c2ccccc2CC12CCNCC2)NC(=O)O. The van der Waals surface area contributed by atoms with Gasteiger partial charge in [0.15, 0.2) is 0 Å². The molecule has 1 saturated heterocycles. The lowest BCUT2D eigenvalue weighted by Gasteiger charge is -2.42. The van der Waals surface area contributed by atoms with Crippen LogP contribution in [0.2, 0.25) is 0 Å². The number of hydrogen-bond donors (Lipinski definition) is 3. The topological polar surface area (TPSA) is 61.4 Å². The Morgan fingerprint density at radius 1 is 1.36 bits per heavy atom. The highest BCUT2D eigenvalue weighted by molar-refractivity contribution is 5.65. The summed E-state index contributed by atoms with van der Waals surface area (Å²) in [5.74, 6) is 0.438. The van der Waals surface area contributed by atoms with E-state index in [-0.39, 0.29) is 0 Å². The van der Waals surface area contributed by atoms with Gasteiger partial charge >= 0.3 is 6.09 Å². The molecule has 1 amide bonds. The number of nitrogens with one attached hydrogen (secondary N) is 2. The molecule has 3 N–H and O–H groups in total. The standard InChI is InChI=1S/C18H26N2O2/c1-17(2,20-16(21)22)12-15-14-6-4-3-5-13(14)11-18(15)7-9-19-10-8-18/h3-6,15,19-20H,7-12H2,1-2H3,(H,21,22)/t15-/m1/s1. The number of amides is 1. The molecule has 1 aliphatic carbocycles. The van der Waals surface area contributed by atoms with Crippen molar-refractivity contribution in [2.45, 2.75) is 51.0 Å². The van der Waals surface area contributed by atoms with Gasteiger partial charge in [-0.3, -0.25) is 0 Å². The highest BCUT2D eigenvalue weighted by atomic mass is 16.4. The van der Waals surface area contributed by atoms with Crippen molar-refractivity contribution < 1.29 is 9.90 Å². The van der Waals surface area contributed by atoms with E-state index >= 15 is 0 Å². The fourth-order valence-corrected chi connectivity index (χ4v) is 4.49. The molecule has 4 nitrogen and oxygen atoms in total. The van der Waals surface area contributed by atoms with Gasteiger partial charge in [-0.2, -0.15) is 0 Å². The van der Waals surface area contributed by atoms with Gasteiger partial charge in [-0.05, 0) is 75.1 Å². The van der Waals surface area contributed by atoms with Crippen LogP contribution in [0.3, 0.4) is 0 Å². The van der Waals surface area contributed by atoms with Crippen LogP contribution in [-0.2, 0) is 6.42 Å². The van der Waals surface area contributed by atoms with Gasteiger partial charge in [0.05, 0.1) is 0 Å². The maximum atomic E-state index is 11.1. The molecule has 4 heteroatoms. The minimum absolute atomic E-state index is 0.298. The molecule has 1 aromatic rings. The summed E-state index contributed by atoms with van der Waals surface area (Å²) in [5, 5.41) is 15.3. The van der Waals surface area contributed by atoms with E-state index < -0.39 is 11.6 Å². The van der Waals surface area contributed by atoms with Crippen LogP contribution >= 0.6 is 0 Å². The zero-order valence-electron chi connectivity index (χ0n) is 13.5. The number of carbonyl (C=O) groups is 1. The molecule has 0 aromatic heterocycles. The molecule has 1 aliphatic heterocycles. The van der Waals surface area contributed by atoms with Crippen LogP contribution in [0.25, 0.3) is 0 Å². The molecule has 0 unspecified atom stereocenters. The van der Waals surface area contributed by atoms with Crippen molar-refractivity contribution in [3.63, 3.8) is 0 Å². The van der Waals surface area contributed by atoms with Crippen LogP contribution in [0.1, 0.15) is 50.2 Å². The predicted octanol–water partition coefficient (Wildman–Crippen LogP) is 3.13. The molecular formula is C18H26N2O2. The van der Waals surface area contributed by atoms with Crippen molar-refractivity contribution in [2.75, 3.05) is 13.1 Å². The number of hydrogen-bond acceptors (Lipinski definition) is 2. The van der Waals surface area contributed by atoms with Gasteiger partial charge in [-0.1, -0.05) is 24.3 Å². The highest BCUT2D eigenvalue weighted by Gasteiger charge is 2.47. The van der Waals surface area contributed by atoms with E-state index in [4.69, 9.17) is 5.11 Å². The summed E-state index contributed by atoms with van der Waals surface area (Å²) in [7, 11) is 0. The largest absolute Gasteiger partial charge is 0.465 e. The first-order chi connectivity index (χ1) is 10.4. The van der Waals surface area contributed by atoms with Crippen LogP contribution in [0.5, 0.6) is 0 Å². The maximum Gasteiger partial charge on any atom is 0.405 e. The minimum atomic E-state index is -0.935. The average Bonchev–Trinajstić information content (AvgIpc) is 2.72. The van der Waals surface area contributed by atoms with E-state index in [2.05, 4.69) is 34.9 Å². The Morgan fingerprint density at radius 3 is 2.73 bits per heavy atom. The summed E-state index contributed by atoms with van der Waals surface area (Å²) in [6, 6.07) is 8.73. The molecule has 120 valence electrons. The number of piperidine rings is 1. The summed E-state index contributed by atoms with van der Waals surface area (Å²) in [4.78, 5) is 11.1. The zero-order chi connectivity index (χ0) is 15.8. The molecule has 0 radical (unpaired) electrons. The predicted molar refractivity (Wildman–Crippen MR) is 87.3 cm³/mol. The fourth-order valence-electron chi connectivity index (χ4n) is 4.49. The van der Waals surface area contributed by atoms with Crippen molar-refractivity contribution >= 4 is 6.09 Å². The Hall–Kier alpha value is -1.55. The Bertz CT molecular complexity index is 562. The maximum absolute atomic E-state index is 11.1. The summed E-state index contributed by atoms with van der Waals surface area (Å²) < 4.78 is 0. The van der Waals surface area contributed by atoms with Gasteiger partial charge < -0.3 is 15.7 Å². The molecule has 0 bridgehead atoms. The summed E-state index contributed by atoms with van der Waals surface area (Å²) in [5.41, 5.74) is 2.78. The summed E-state index contributed by atoms with van der Waals surface area (Å²) in [6.07, 6.45) is 3.41. The third-order valence-electron chi connectivity index (χ3n) is 5.47. The first-order valence-electron chi connectivity index (χ1n) is 8.22. The molecule has 1 atom stereocenters. The lowest BCUT2D eigenvalue weighted by atomic mass is 9.66. The molecule has 1 spiro atoms. The van der Waals surface area contributed by atoms with E-state index in [0.717, 1.165) is 25.9 Å². The lowest BCUT2D eigenvalue weighted by Crippen LogP contribution is -2.47. The smallest absolute Gasteiger partial charge is 0.405 e. The normalized spacial score (nSPS) is 23.3. The molecular weight excluding hydrogens is 276 g/mol. The van der Waals surface area contributed by atoms with Gasteiger partial charge in [-0.25, -0.2) is 4.79 Å². The van der Waals surface area contributed by atoms with Gasteiger partial charge in [0.1, 0.15) is 0 Å². The third-order valence-corrected chi connectivity index (χ3v) is 5.47. The number of fused-ring (bicyclic) bond motifs is 1. The van der Waals surface area contributed by atoms with Gasteiger partial charge in [0.25, 0.3) is 0 Å². The second-order valence-corrected chi connectivity index (χ2v) is 7.56. The van der Waals surface area contributed by atoms with Crippen molar-refractivity contribution in [3.8, 4) is 0 Å². The Balaban J connectivity index is 1.91. The fraction of sp³-hybridized carbons (Fsp3) is 0.611. The van der Waals surface area contributed by atoms with Gasteiger partial charge in [0.2, 0.25) is 0 Å². The summed E-state index contributed by atoms with van der Waals surface area (Å²) in [6.45, 7) is 6.13. The summed E-state index contributed by atoms with van der Waals surface area (Å²) >= 11 is 0. The second-order valence-electron chi connectivity index (χ2n) is 7.56. The van der Waals surface area contributed by atoms with E-state index in [1.165, 1.54) is 24.0 Å². The van der Waals surface area contributed by atoms with E-state index in [1.807, 2.05) is 13.8 Å². The first kappa shape index (κ1) is 15.3. The molecule has 1 fully saturated rings. The Morgan fingerprint density at radius 2 is 2.05 bits per heavy atom. The van der Waals surface area contributed by atoms with Crippen LogP contribution in [0.4, 0.5) is 4.79 Å². The molecule has 2 aliphatic rings.